The number of hydrogen-bond donors (Lipinski definition) is 2. The van der Waals surface area contributed by atoms with Gasteiger partial charge in [-0.2, -0.15) is 0 Å². The number of rotatable bonds is 1. The van der Waals surface area contributed by atoms with Gasteiger partial charge in [-0.25, -0.2) is 4.79 Å². The third-order valence-corrected chi connectivity index (χ3v) is 5.10. The summed E-state index contributed by atoms with van der Waals surface area (Å²) < 4.78 is 0. The Kier molecular flexibility index (Phi) is 3.82. The number of benzene rings is 1. The fraction of sp³-hybridized carbons (Fsp3) is 0.429. The van der Waals surface area contributed by atoms with Crippen molar-refractivity contribution in [2.24, 2.45) is 0 Å². The molecule has 118 valence electrons. The van der Waals surface area contributed by atoms with Gasteiger partial charge in [0.2, 0.25) is 5.91 Å². The zero-order chi connectivity index (χ0) is 16.0. The van der Waals surface area contributed by atoms with Crippen LogP contribution in [0.4, 0.5) is 4.79 Å². The van der Waals surface area contributed by atoms with Gasteiger partial charge in [-0.3, -0.25) is 9.69 Å². The van der Waals surface area contributed by atoms with Crippen molar-refractivity contribution in [3.8, 4) is 5.75 Å². The van der Waals surface area contributed by atoms with E-state index in [9.17, 15) is 14.7 Å². The number of phenols is 1. The van der Waals surface area contributed by atoms with Gasteiger partial charge in [0, 0.05) is 24.6 Å². The number of carbonyl (C=O) groups is 2. The first kappa shape index (κ1) is 15.2. The van der Waals surface area contributed by atoms with E-state index < -0.39 is 6.09 Å². The molecule has 1 aromatic carbocycles. The van der Waals surface area contributed by atoms with Crippen LogP contribution in [0, 0.1) is 0 Å². The van der Waals surface area contributed by atoms with Crippen LogP contribution in [0.3, 0.4) is 0 Å². The van der Waals surface area contributed by atoms with E-state index in [0.29, 0.717) is 23.6 Å². The zero-order valence-corrected chi connectivity index (χ0v) is 13.0. The molecule has 0 spiro atoms. The maximum atomic E-state index is 12.1. The van der Waals surface area contributed by atoms with Crippen LogP contribution in [0.2, 0.25) is 10.0 Å². The molecule has 2 saturated heterocycles. The van der Waals surface area contributed by atoms with Gasteiger partial charge in [0.1, 0.15) is 12.3 Å². The van der Waals surface area contributed by atoms with Crippen LogP contribution in [0.1, 0.15) is 17.9 Å². The standard InChI is InChI=1S/C14H14Cl2N2O4/c15-9-1-2-10(19)12(13(9)16)7-3-8-5-17(14(21)22)6-11(20)18(8)4-7/h1-2,7-8,19H,3-6H2,(H,21,22)/t7-,8-/m0/s1. The molecule has 0 saturated carbocycles. The first-order valence-corrected chi connectivity index (χ1v) is 7.58. The molecule has 22 heavy (non-hydrogen) atoms. The Morgan fingerprint density at radius 2 is 2.00 bits per heavy atom. The normalized spacial score (nSPS) is 24.5. The van der Waals surface area contributed by atoms with Gasteiger partial charge in [0.05, 0.1) is 16.1 Å². The molecule has 2 heterocycles. The van der Waals surface area contributed by atoms with Gasteiger partial charge in [-0.15, -0.1) is 0 Å². The van der Waals surface area contributed by atoms with Crippen molar-refractivity contribution in [3.05, 3.63) is 27.7 Å². The van der Waals surface area contributed by atoms with Gasteiger partial charge in [-0.1, -0.05) is 23.2 Å². The van der Waals surface area contributed by atoms with Crippen molar-refractivity contribution in [2.75, 3.05) is 19.6 Å². The molecule has 0 aliphatic carbocycles. The van der Waals surface area contributed by atoms with Crippen LogP contribution in [-0.4, -0.2) is 57.7 Å². The third kappa shape index (κ3) is 2.46. The highest BCUT2D eigenvalue weighted by atomic mass is 35.5. The molecule has 0 bridgehead atoms. The lowest BCUT2D eigenvalue weighted by Crippen LogP contribution is -2.55. The molecule has 1 aromatic rings. The maximum Gasteiger partial charge on any atom is 0.407 e. The second kappa shape index (κ2) is 5.52. The van der Waals surface area contributed by atoms with Crippen LogP contribution in [0.25, 0.3) is 0 Å². The average molecular weight is 345 g/mol. The number of aromatic hydroxyl groups is 1. The first-order valence-electron chi connectivity index (χ1n) is 6.82. The smallest absolute Gasteiger partial charge is 0.407 e. The number of carbonyl (C=O) groups excluding carboxylic acids is 1. The molecule has 2 aliphatic rings. The lowest BCUT2D eigenvalue weighted by atomic mass is 9.95. The van der Waals surface area contributed by atoms with Crippen LogP contribution in [-0.2, 0) is 4.79 Å². The zero-order valence-electron chi connectivity index (χ0n) is 11.5. The average Bonchev–Trinajstić information content (AvgIpc) is 2.87. The molecule has 2 atom stereocenters. The molecule has 0 aromatic heterocycles. The van der Waals surface area contributed by atoms with E-state index in [0.717, 1.165) is 4.90 Å². The van der Waals surface area contributed by atoms with Gasteiger partial charge in [0.15, 0.2) is 0 Å². The number of nitrogens with zero attached hydrogens (tertiary/aromatic N) is 2. The van der Waals surface area contributed by atoms with Crippen molar-refractivity contribution < 1.29 is 19.8 Å². The summed E-state index contributed by atoms with van der Waals surface area (Å²) >= 11 is 12.2. The van der Waals surface area contributed by atoms with E-state index in [4.69, 9.17) is 28.3 Å². The van der Waals surface area contributed by atoms with Crippen molar-refractivity contribution >= 4 is 35.2 Å². The summed E-state index contributed by atoms with van der Waals surface area (Å²) in [6.45, 7) is 0.551. The Labute approximate surface area is 136 Å². The fourth-order valence-electron chi connectivity index (χ4n) is 3.27. The van der Waals surface area contributed by atoms with E-state index >= 15 is 0 Å². The predicted octanol–water partition coefficient (Wildman–Crippen LogP) is 2.38. The number of amides is 2. The number of halogens is 2. The van der Waals surface area contributed by atoms with Crippen LogP contribution >= 0.6 is 23.2 Å². The Hall–Kier alpha value is -1.66. The topological polar surface area (TPSA) is 81.1 Å². The monoisotopic (exact) mass is 344 g/mol. The molecule has 2 amide bonds. The summed E-state index contributed by atoms with van der Waals surface area (Å²) in [6, 6.07) is 2.80. The minimum atomic E-state index is -1.10. The largest absolute Gasteiger partial charge is 0.508 e. The number of piperazine rings is 1. The van der Waals surface area contributed by atoms with E-state index in [2.05, 4.69) is 0 Å². The first-order chi connectivity index (χ1) is 10.4. The minimum Gasteiger partial charge on any atom is -0.508 e. The van der Waals surface area contributed by atoms with E-state index in [1.807, 2.05) is 0 Å². The van der Waals surface area contributed by atoms with Crippen LogP contribution in [0.15, 0.2) is 12.1 Å². The number of phenolic OH excluding ortho intramolecular Hbond substituents is 1. The van der Waals surface area contributed by atoms with Gasteiger partial charge >= 0.3 is 6.09 Å². The summed E-state index contributed by atoms with van der Waals surface area (Å²) in [6.07, 6.45) is -0.552. The quantitative estimate of drug-likeness (QED) is 0.819. The molecule has 2 aliphatic heterocycles. The second-order valence-electron chi connectivity index (χ2n) is 5.59. The van der Waals surface area contributed by atoms with Crippen molar-refractivity contribution in [3.63, 3.8) is 0 Å². The van der Waals surface area contributed by atoms with Crippen molar-refractivity contribution in [2.45, 2.75) is 18.4 Å². The van der Waals surface area contributed by atoms with Gasteiger partial charge < -0.3 is 15.1 Å². The Morgan fingerprint density at radius 1 is 1.27 bits per heavy atom. The molecular formula is C14H14Cl2N2O4. The fourth-order valence-corrected chi connectivity index (χ4v) is 3.75. The Balaban J connectivity index is 1.88. The molecule has 8 heteroatoms. The van der Waals surface area contributed by atoms with E-state index in [1.165, 1.54) is 12.1 Å². The molecule has 6 nitrogen and oxygen atoms in total. The highest BCUT2D eigenvalue weighted by Gasteiger charge is 2.43. The third-order valence-electron chi connectivity index (χ3n) is 4.28. The summed E-state index contributed by atoms with van der Waals surface area (Å²) in [7, 11) is 0. The number of fused-ring (bicyclic) bond motifs is 1. The summed E-state index contributed by atoms with van der Waals surface area (Å²) in [5.41, 5.74) is 0.526. The maximum absolute atomic E-state index is 12.1. The van der Waals surface area contributed by atoms with E-state index in [1.54, 1.807) is 4.90 Å². The summed E-state index contributed by atoms with van der Waals surface area (Å²) in [5.74, 6) is -0.338. The molecule has 0 radical (unpaired) electrons. The summed E-state index contributed by atoms with van der Waals surface area (Å²) in [5, 5.41) is 19.8. The second-order valence-corrected chi connectivity index (χ2v) is 6.37. The lowest BCUT2D eigenvalue weighted by Gasteiger charge is -2.35. The molecule has 2 fully saturated rings. The van der Waals surface area contributed by atoms with Gasteiger partial charge in [0.25, 0.3) is 0 Å². The van der Waals surface area contributed by atoms with Crippen LogP contribution in [0.5, 0.6) is 5.75 Å². The Bertz CT molecular complexity index is 652. The van der Waals surface area contributed by atoms with Gasteiger partial charge in [-0.05, 0) is 18.6 Å². The minimum absolute atomic E-state index is 0.0433. The SMILES string of the molecule is O=C(O)N1CC(=O)N2C[C@@H](c3c(O)ccc(Cl)c3Cl)C[C@H]2C1. The van der Waals surface area contributed by atoms with Crippen molar-refractivity contribution in [1.29, 1.82) is 0 Å². The van der Waals surface area contributed by atoms with Crippen LogP contribution < -0.4 is 0 Å². The Morgan fingerprint density at radius 3 is 2.68 bits per heavy atom. The lowest BCUT2D eigenvalue weighted by molar-refractivity contribution is -0.136. The highest BCUT2D eigenvalue weighted by Crippen LogP contribution is 2.43. The van der Waals surface area contributed by atoms with Crippen molar-refractivity contribution in [1.82, 2.24) is 9.80 Å². The molecular weight excluding hydrogens is 331 g/mol. The molecule has 3 rings (SSSR count). The number of carboxylic acid groups (broad SMARTS) is 1. The predicted molar refractivity (Wildman–Crippen MR) is 80.6 cm³/mol. The summed E-state index contributed by atoms with van der Waals surface area (Å²) in [4.78, 5) is 26.0. The highest BCUT2D eigenvalue weighted by molar-refractivity contribution is 6.42. The molecule has 0 unspecified atom stereocenters. The number of hydrogen-bond acceptors (Lipinski definition) is 3. The molecule has 2 N–H and O–H groups in total. The van der Waals surface area contributed by atoms with E-state index in [-0.39, 0.29) is 41.7 Å².